The number of ether oxygens (including phenoxy) is 1. The van der Waals surface area contributed by atoms with Gasteiger partial charge in [0, 0.05) is 12.5 Å². The smallest absolute Gasteiger partial charge is 0.129 e. The number of nitrogens with zero attached hydrogens (tertiary/aromatic N) is 1. The van der Waals surface area contributed by atoms with Gasteiger partial charge in [-0.3, -0.25) is 0 Å². The minimum absolute atomic E-state index is 0.385. The molecule has 0 aliphatic carbocycles. The molecule has 0 saturated heterocycles. The zero-order valence-electron chi connectivity index (χ0n) is 10.8. The summed E-state index contributed by atoms with van der Waals surface area (Å²) in [6.45, 7) is 0. The second-order valence-corrected chi connectivity index (χ2v) is 4.61. The van der Waals surface area contributed by atoms with Gasteiger partial charge in [0.25, 0.3) is 0 Å². The third-order valence-electron chi connectivity index (χ3n) is 2.78. The summed E-state index contributed by atoms with van der Waals surface area (Å²) in [6.07, 6.45) is 6.82. The number of hydrogen-bond donors (Lipinski definition) is 0. The average Bonchev–Trinajstić information content (AvgIpc) is 2.47. The SMILES string of the molecule is C#CCCc1ccc(Oc2ccc(C#N)c(Cl)c2)cc1. The maximum Gasteiger partial charge on any atom is 0.129 e. The molecule has 98 valence electrons. The largest absolute Gasteiger partial charge is 0.457 e. The summed E-state index contributed by atoms with van der Waals surface area (Å²) in [5, 5.41) is 9.20. The van der Waals surface area contributed by atoms with Gasteiger partial charge in [-0.05, 0) is 36.2 Å². The van der Waals surface area contributed by atoms with Crippen LogP contribution in [0.4, 0.5) is 0 Å². The van der Waals surface area contributed by atoms with E-state index in [0.29, 0.717) is 16.3 Å². The van der Waals surface area contributed by atoms with Crippen molar-refractivity contribution in [1.29, 1.82) is 5.26 Å². The molecule has 0 aromatic heterocycles. The maximum atomic E-state index is 8.81. The lowest BCUT2D eigenvalue weighted by Gasteiger charge is -2.07. The minimum Gasteiger partial charge on any atom is -0.457 e. The first-order valence-electron chi connectivity index (χ1n) is 6.13. The van der Waals surface area contributed by atoms with Crippen molar-refractivity contribution in [2.75, 3.05) is 0 Å². The Labute approximate surface area is 123 Å². The summed E-state index contributed by atoms with van der Waals surface area (Å²) >= 11 is 5.96. The van der Waals surface area contributed by atoms with Crippen molar-refractivity contribution in [3.63, 3.8) is 0 Å². The number of terminal acetylenes is 1. The predicted molar refractivity (Wildman–Crippen MR) is 79.8 cm³/mol. The molecule has 2 nitrogen and oxygen atoms in total. The summed E-state index contributed by atoms with van der Waals surface area (Å²) in [6, 6.07) is 14.7. The normalized spacial score (nSPS) is 9.55. The van der Waals surface area contributed by atoms with E-state index in [9.17, 15) is 0 Å². The number of rotatable bonds is 4. The molecule has 0 N–H and O–H groups in total. The van der Waals surface area contributed by atoms with E-state index in [0.717, 1.165) is 18.6 Å². The highest BCUT2D eigenvalue weighted by molar-refractivity contribution is 6.31. The Morgan fingerprint density at radius 1 is 1.10 bits per heavy atom. The zero-order valence-corrected chi connectivity index (χ0v) is 11.5. The fourth-order valence-electron chi connectivity index (χ4n) is 1.73. The molecule has 0 aliphatic heterocycles. The molecule has 0 saturated carbocycles. The van der Waals surface area contributed by atoms with Gasteiger partial charge >= 0.3 is 0 Å². The summed E-state index contributed by atoms with van der Waals surface area (Å²) in [7, 11) is 0. The Hall–Kier alpha value is -2.42. The van der Waals surface area contributed by atoms with E-state index < -0.39 is 0 Å². The Kier molecular flexibility index (Phi) is 4.66. The summed E-state index contributed by atoms with van der Waals surface area (Å²) in [5.74, 6) is 3.94. The molecule has 0 radical (unpaired) electrons. The van der Waals surface area contributed by atoms with Crippen molar-refractivity contribution >= 4 is 11.6 Å². The van der Waals surface area contributed by atoms with Crippen LogP contribution in [-0.4, -0.2) is 0 Å². The van der Waals surface area contributed by atoms with Gasteiger partial charge in [0.05, 0.1) is 10.6 Å². The van der Waals surface area contributed by atoms with E-state index in [1.807, 2.05) is 30.3 Å². The molecule has 0 aliphatic rings. The lowest BCUT2D eigenvalue weighted by molar-refractivity contribution is 0.482. The molecule has 2 rings (SSSR count). The second kappa shape index (κ2) is 6.66. The van der Waals surface area contributed by atoms with E-state index in [4.69, 9.17) is 28.0 Å². The topological polar surface area (TPSA) is 33.0 Å². The lowest BCUT2D eigenvalue weighted by Crippen LogP contribution is -1.87. The van der Waals surface area contributed by atoms with Crippen LogP contribution in [0.15, 0.2) is 42.5 Å². The van der Waals surface area contributed by atoms with Gasteiger partial charge in [-0.15, -0.1) is 12.3 Å². The molecule has 0 atom stereocenters. The number of hydrogen-bond acceptors (Lipinski definition) is 2. The second-order valence-electron chi connectivity index (χ2n) is 4.20. The minimum atomic E-state index is 0.385. The van der Waals surface area contributed by atoms with Crippen molar-refractivity contribution < 1.29 is 4.74 Å². The molecule has 2 aromatic carbocycles. The molecule has 2 aromatic rings. The maximum absolute atomic E-state index is 8.81. The Morgan fingerprint density at radius 3 is 2.40 bits per heavy atom. The van der Waals surface area contributed by atoms with Gasteiger partial charge in [-0.1, -0.05) is 23.7 Å². The fourth-order valence-corrected chi connectivity index (χ4v) is 1.94. The van der Waals surface area contributed by atoms with E-state index in [1.54, 1.807) is 18.2 Å². The monoisotopic (exact) mass is 281 g/mol. The van der Waals surface area contributed by atoms with E-state index >= 15 is 0 Å². The Morgan fingerprint density at radius 2 is 1.80 bits per heavy atom. The third kappa shape index (κ3) is 3.54. The molecular weight excluding hydrogens is 270 g/mol. The van der Waals surface area contributed by atoms with E-state index in [-0.39, 0.29) is 0 Å². The van der Waals surface area contributed by atoms with Crippen LogP contribution in [0.1, 0.15) is 17.5 Å². The first-order chi connectivity index (χ1) is 9.72. The van der Waals surface area contributed by atoms with Crippen LogP contribution >= 0.6 is 11.6 Å². The van der Waals surface area contributed by atoms with Gasteiger partial charge in [-0.25, -0.2) is 0 Å². The highest BCUT2D eigenvalue weighted by atomic mass is 35.5. The molecule has 0 amide bonds. The molecule has 0 unspecified atom stereocenters. The molecule has 0 fully saturated rings. The van der Waals surface area contributed by atoms with Gasteiger partial charge in [0.2, 0.25) is 0 Å². The van der Waals surface area contributed by atoms with Crippen LogP contribution < -0.4 is 4.74 Å². The van der Waals surface area contributed by atoms with Crippen LogP contribution in [0.25, 0.3) is 0 Å². The van der Waals surface area contributed by atoms with Crippen molar-refractivity contribution in [3.05, 3.63) is 58.6 Å². The highest BCUT2D eigenvalue weighted by Crippen LogP contribution is 2.26. The third-order valence-corrected chi connectivity index (χ3v) is 3.09. The highest BCUT2D eigenvalue weighted by Gasteiger charge is 2.03. The van der Waals surface area contributed by atoms with Crippen molar-refractivity contribution in [2.24, 2.45) is 0 Å². The van der Waals surface area contributed by atoms with Crippen LogP contribution in [0.5, 0.6) is 11.5 Å². The average molecular weight is 282 g/mol. The summed E-state index contributed by atoms with van der Waals surface area (Å²) in [4.78, 5) is 0. The van der Waals surface area contributed by atoms with Crippen molar-refractivity contribution in [1.82, 2.24) is 0 Å². The van der Waals surface area contributed by atoms with Gasteiger partial charge in [0.15, 0.2) is 0 Å². The first kappa shape index (κ1) is 14.0. The quantitative estimate of drug-likeness (QED) is 0.769. The number of aryl methyl sites for hydroxylation is 1. The van der Waals surface area contributed by atoms with Crippen LogP contribution in [-0.2, 0) is 6.42 Å². The number of benzene rings is 2. The molecule has 0 spiro atoms. The summed E-state index contributed by atoms with van der Waals surface area (Å²) < 4.78 is 5.68. The molecule has 0 heterocycles. The zero-order chi connectivity index (χ0) is 14.4. The van der Waals surface area contributed by atoms with E-state index in [2.05, 4.69) is 5.92 Å². The van der Waals surface area contributed by atoms with Crippen LogP contribution in [0, 0.1) is 23.7 Å². The van der Waals surface area contributed by atoms with Crippen LogP contribution in [0.3, 0.4) is 0 Å². The van der Waals surface area contributed by atoms with Gasteiger partial charge in [-0.2, -0.15) is 5.26 Å². The van der Waals surface area contributed by atoms with Gasteiger partial charge < -0.3 is 4.74 Å². The molecule has 20 heavy (non-hydrogen) atoms. The molecule has 0 bridgehead atoms. The van der Waals surface area contributed by atoms with Crippen LogP contribution in [0.2, 0.25) is 5.02 Å². The summed E-state index contributed by atoms with van der Waals surface area (Å²) in [5.41, 5.74) is 1.61. The Balaban J connectivity index is 2.09. The van der Waals surface area contributed by atoms with Crippen molar-refractivity contribution in [2.45, 2.75) is 12.8 Å². The number of nitriles is 1. The lowest BCUT2D eigenvalue weighted by atomic mass is 10.1. The fraction of sp³-hybridized carbons (Fsp3) is 0.118. The van der Waals surface area contributed by atoms with E-state index in [1.165, 1.54) is 5.56 Å². The molecular formula is C17H12ClNO. The first-order valence-corrected chi connectivity index (χ1v) is 6.50. The standard InChI is InChI=1S/C17H12ClNO/c1-2-3-4-13-5-8-15(9-6-13)20-16-10-7-14(12-19)17(18)11-16/h1,5-11H,3-4H2. The van der Waals surface area contributed by atoms with Crippen molar-refractivity contribution in [3.8, 4) is 29.9 Å². The van der Waals surface area contributed by atoms with Gasteiger partial charge in [0.1, 0.15) is 17.6 Å². The Bertz CT molecular complexity index is 678. The molecule has 3 heteroatoms. The number of halogens is 1. The predicted octanol–water partition coefficient (Wildman–Crippen LogP) is 4.57.